The SMILES string of the molecule is CCCOc1ccc(CN)c(OC(C)C(C)O)c1. The van der Waals surface area contributed by atoms with E-state index in [2.05, 4.69) is 6.92 Å². The van der Waals surface area contributed by atoms with E-state index in [1.54, 1.807) is 6.92 Å². The van der Waals surface area contributed by atoms with Gasteiger partial charge in [-0.15, -0.1) is 0 Å². The molecule has 4 heteroatoms. The molecule has 2 atom stereocenters. The van der Waals surface area contributed by atoms with Crippen LogP contribution >= 0.6 is 0 Å². The summed E-state index contributed by atoms with van der Waals surface area (Å²) < 4.78 is 11.3. The minimum Gasteiger partial charge on any atom is -0.493 e. The minimum absolute atomic E-state index is 0.281. The molecule has 0 aromatic heterocycles. The molecule has 1 rings (SSSR count). The van der Waals surface area contributed by atoms with Gasteiger partial charge in [-0.05, 0) is 26.3 Å². The quantitative estimate of drug-likeness (QED) is 0.781. The monoisotopic (exact) mass is 253 g/mol. The van der Waals surface area contributed by atoms with Crippen molar-refractivity contribution in [2.24, 2.45) is 5.73 Å². The van der Waals surface area contributed by atoms with Crippen molar-refractivity contribution in [3.05, 3.63) is 23.8 Å². The molecule has 4 nitrogen and oxygen atoms in total. The maximum atomic E-state index is 9.47. The molecule has 0 spiro atoms. The zero-order valence-electron chi connectivity index (χ0n) is 11.3. The predicted molar refractivity (Wildman–Crippen MR) is 71.9 cm³/mol. The summed E-state index contributed by atoms with van der Waals surface area (Å²) in [7, 11) is 0. The van der Waals surface area contributed by atoms with Crippen LogP contribution in [0.15, 0.2) is 18.2 Å². The Bertz CT molecular complexity index is 366. The molecule has 0 fully saturated rings. The first-order chi connectivity index (χ1) is 8.58. The first-order valence-electron chi connectivity index (χ1n) is 6.39. The van der Waals surface area contributed by atoms with Crippen LogP contribution < -0.4 is 15.2 Å². The highest BCUT2D eigenvalue weighted by Gasteiger charge is 2.13. The summed E-state index contributed by atoms with van der Waals surface area (Å²) in [6.45, 7) is 6.65. The highest BCUT2D eigenvalue weighted by Crippen LogP contribution is 2.26. The summed E-state index contributed by atoms with van der Waals surface area (Å²) in [6.07, 6.45) is 0.145. The Labute approximate surface area is 109 Å². The van der Waals surface area contributed by atoms with Crippen LogP contribution in [0.3, 0.4) is 0 Å². The van der Waals surface area contributed by atoms with E-state index >= 15 is 0 Å². The summed E-state index contributed by atoms with van der Waals surface area (Å²) >= 11 is 0. The number of hydrogen-bond acceptors (Lipinski definition) is 4. The van der Waals surface area contributed by atoms with Crippen LogP contribution in [-0.2, 0) is 6.54 Å². The summed E-state index contributed by atoms with van der Waals surface area (Å²) in [4.78, 5) is 0. The molecule has 0 amide bonds. The average molecular weight is 253 g/mol. The largest absolute Gasteiger partial charge is 0.493 e. The van der Waals surface area contributed by atoms with E-state index in [0.29, 0.717) is 18.9 Å². The van der Waals surface area contributed by atoms with E-state index in [1.807, 2.05) is 25.1 Å². The third-order valence-electron chi connectivity index (χ3n) is 2.72. The fraction of sp³-hybridized carbons (Fsp3) is 0.571. The Morgan fingerprint density at radius 2 is 2.06 bits per heavy atom. The van der Waals surface area contributed by atoms with Gasteiger partial charge in [-0.2, -0.15) is 0 Å². The second-order valence-electron chi connectivity index (χ2n) is 4.39. The minimum atomic E-state index is -0.532. The number of nitrogens with two attached hydrogens (primary N) is 1. The molecule has 0 heterocycles. The van der Waals surface area contributed by atoms with Crippen LogP contribution in [0.5, 0.6) is 11.5 Å². The lowest BCUT2D eigenvalue weighted by Gasteiger charge is -2.20. The molecule has 0 bridgehead atoms. The van der Waals surface area contributed by atoms with E-state index < -0.39 is 6.10 Å². The van der Waals surface area contributed by atoms with Gasteiger partial charge in [-0.25, -0.2) is 0 Å². The van der Waals surface area contributed by atoms with E-state index in [9.17, 15) is 5.11 Å². The van der Waals surface area contributed by atoms with Gasteiger partial charge in [-0.3, -0.25) is 0 Å². The molecule has 0 radical (unpaired) electrons. The lowest BCUT2D eigenvalue weighted by atomic mass is 10.2. The Hall–Kier alpha value is -1.26. The molecule has 102 valence electrons. The Kier molecular flexibility index (Phi) is 5.95. The Morgan fingerprint density at radius 3 is 2.61 bits per heavy atom. The van der Waals surface area contributed by atoms with Gasteiger partial charge >= 0.3 is 0 Å². The molecule has 0 saturated carbocycles. The van der Waals surface area contributed by atoms with Crippen molar-refractivity contribution < 1.29 is 14.6 Å². The first kappa shape index (κ1) is 14.8. The van der Waals surface area contributed by atoms with Crippen molar-refractivity contribution in [2.75, 3.05) is 6.61 Å². The van der Waals surface area contributed by atoms with Crippen LogP contribution in [0.2, 0.25) is 0 Å². The number of ether oxygens (including phenoxy) is 2. The van der Waals surface area contributed by atoms with Gasteiger partial charge in [0.05, 0.1) is 12.7 Å². The van der Waals surface area contributed by atoms with E-state index in [-0.39, 0.29) is 6.10 Å². The molecule has 0 aliphatic rings. The smallest absolute Gasteiger partial charge is 0.128 e. The number of aliphatic hydroxyl groups is 1. The molecule has 0 aliphatic carbocycles. The zero-order valence-corrected chi connectivity index (χ0v) is 11.3. The second kappa shape index (κ2) is 7.24. The maximum absolute atomic E-state index is 9.47. The molecular weight excluding hydrogens is 230 g/mol. The molecule has 0 saturated heterocycles. The predicted octanol–water partition coefficient (Wildman–Crippen LogP) is 2.08. The van der Waals surface area contributed by atoms with Gasteiger partial charge in [0.2, 0.25) is 0 Å². The number of benzene rings is 1. The third kappa shape index (κ3) is 4.20. The molecule has 1 aromatic carbocycles. The Balaban J connectivity index is 2.84. The lowest BCUT2D eigenvalue weighted by molar-refractivity contribution is 0.0596. The van der Waals surface area contributed by atoms with Crippen LogP contribution in [0.25, 0.3) is 0 Å². The van der Waals surface area contributed by atoms with Gasteiger partial charge < -0.3 is 20.3 Å². The van der Waals surface area contributed by atoms with Gasteiger partial charge in [0.15, 0.2) is 0 Å². The van der Waals surface area contributed by atoms with E-state index in [0.717, 1.165) is 17.7 Å². The standard InChI is InChI=1S/C14H23NO3/c1-4-7-17-13-6-5-12(9-15)14(8-13)18-11(3)10(2)16/h5-6,8,10-11,16H,4,7,9,15H2,1-3H3. The van der Waals surface area contributed by atoms with E-state index in [1.165, 1.54) is 0 Å². The average Bonchev–Trinajstić information content (AvgIpc) is 2.36. The number of rotatable bonds is 7. The van der Waals surface area contributed by atoms with Crippen molar-refractivity contribution in [2.45, 2.75) is 45.9 Å². The van der Waals surface area contributed by atoms with Crippen LogP contribution in [0.1, 0.15) is 32.8 Å². The summed E-state index contributed by atoms with van der Waals surface area (Å²) in [5.41, 5.74) is 6.58. The van der Waals surface area contributed by atoms with Crippen molar-refractivity contribution in [3.8, 4) is 11.5 Å². The fourth-order valence-electron chi connectivity index (χ4n) is 1.42. The maximum Gasteiger partial charge on any atom is 0.128 e. The third-order valence-corrected chi connectivity index (χ3v) is 2.72. The van der Waals surface area contributed by atoms with Crippen LogP contribution in [0, 0.1) is 0 Å². The fourth-order valence-corrected chi connectivity index (χ4v) is 1.42. The van der Waals surface area contributed by atoms with Crippen LogP contribution in [0.4, 0.5) is 0 Å². The van der Waals surface area contributed by atoms with Gasteiger partial charge in [0.25, 0.3) is 0 Å². The second-order valence-corrected chi connectivity index (χ2v) is 4.39. The summed E-state index contributed by atoms with van der Waals surface area (Å²) in [5, 5.41) is 9.47. The molecule has 2 unspecified atom stereocenters. The molecule has 1 aromatic rings. The topological polar surface area (TPSA) is 64.7 Å². The van der Waals surface area contributed by atoms with Gasteiger partial charge in [0, 0.05) is 18.2 Å². The molecule has 18 heavy (non-hydrogen) atoms. The van der Waals surface area contributed by atoms with Crippen molar-refractivity contribution >= 4 is 0 Å². The van der Waals surface area contributed by atoms with Crippen molar-refractivity contribution in [3.63, 3.8) is 0 Å². The molecule has 0 aliphatic heterocycles. The highest BCUT2D eigenvalue weighted by molar-refractivity contribution is 5.40. The highest BCUT2D eigenvalue weighted by atomic mass is 16.5. The van der Waals surface area contributed by atoms with E-state index in [4.69, 9.17) is 15.2 Å². The van der Waals surface area contributed by atoms with Gasteiger partial charge in [0.1, 0.15) is 17.6 Å². The summed E-state index contributed by atoms with van der Waals surface area (Å²) in [6, 6.07) is 5.61. The van der Waals surface area contributed by atoms with Crippen molar-refractivity contribution in [1.29, 1.82) is 0 Å². The number of aliphatic hydroxyl groups excluding tert-OH is 1. The van der Waals surface area contributed by atoms with Crippen molar-refractivity contribution in [1.82, 2.24) is 0 Å². The molecule has 3 N–H and O–H groups in total. The first-order valence-corrected chi connectivity index (χ1v) is 6.39. The summed E-state index contributed by atoms with van der Waals surface area (Å²) in [5.74, 6) is 1.45. The molecular formula is C14H23NO3. The van der Waals surface area contributed by atoms with Crippen LogP contribution in [-0.4, -0.2) is 23.9 Å². The normalized spacial score (nSPS) is 14.1. The number of hydrogen-bond donors (Lipinski definition) is 2. The lowest BCUT2D eigenvalue weighted by Crippen LogP contribution is -2.26. The van der Waals surface area contributed by atoms with Gasteiger partial charge in [-0.1, -0.05) is 13.0 Å². The zero-order chi connectivity index (χ0) is 13.5. The Morgan fingerprint density at radius 1 is 1.33 bits per heavy atom.